The predicted octanol–water partition coefficient (Wildman–Crippen LogP) is 0.736. The number of amides is 2. The molecule has 2 N–H and O–H groups in total. The highest BCUT2D eigenvalue weighted by Crippen LogP contribution is 2.18. The van der Waals surface area contributed by atoms with Gasteiger partial charge < -0.3 is 10.6 Å². The molecule has 5 heteroatoms. The molecule has 1 aliphatic heterocycles. The van der Waals surface area contributed by atoms with E-state index in [2.05, 4.69) is 26.6 Å². The fraction of sp³-hybridized carbons (Fsp3) is 0.200. The molecule has 1 unspecified atom stereocenters. The van der Waals surface area contributed by atoms with E-state index in [1.54, 1.807) is 12.1 Å². The first-order chi connectivity index (χ1) is 7.16. The smallest absolute Gasteiger partial charge is 0.247 e. The Balaban J connectivity index is 2.25. The minimum absolute atomic E-state index is 0.0614. The van der Waals surface area contributed by atoms with Gasteiger partial charge in [0, 0.05) is 4.47 Å². The molecule has 78 valence electrons. The van der Waals surface area contributed by atoms with Gasteiger partial charge in [0.25, 0.3) is 0 Å². The summed E-state index contributed by atoms with van der Waals surface area (Å²) in [5, 5.41) is 5.17. The van der Waals surface area contributed by atoms with Gasteiger partial charge in [-0.25, -0.2) is 0 Å². The van der Waals surface area contributed by atoms with Crippen LogP contribution in [0.3, 0.4) is 0 Å². The maximum absolute atomic E-state index is 11.5. The number of benzene rings is 1. The average Bonchev–Trinajstić information content (AvgIpc) is 2.23. The van der Waals surface area contributed by atoms with Crippen LogP contribution in [0.1, 0.15) is 11.6 Å². The zero-order valence-electron chi connectivity index (χ0n) is 7.79. The van der Waals surface area contributed by atoms with Crippen molar-refractivity contribution in [1.82, 2.24) is 10.6 Å². The van der Waals surface area contributed by atoms with Crippen LogP contribution in [0.4, 0.5) is 0 Å². The molecular formula is C10H9BrN2O2. The number of piperazine rings is 1. The molecule has 2 amide bonds. The van der Waals surface area contributed by atoms with E-state index in [0.717, 1.165) is 10.0 Å². The summed E-state index contributed by atoms with van der Waals surface area (Å²) in [7, 11) is 0. The maximum Gasteiger partial charge on any atom is 0.247 e. The molecule has 0 saturated carbocycles. The van der Waals surface area contributed by atoms with Crippen LogP contribution in [0.25, 0.3) is 0 Å². The van der Waals surface area contributed by atoms with Crippen molar-refractivity contribution in [3.8, 4) is 0 Å². The Bertz CT molecular complexity index is 402. The van der Waals surface area contributed by atoms with Crippen LogP contribution in [-0.2, 0) is 9.59 Å². The average molecular weight is 269 g/mol. The zero-order valence-corrected chi connectivity index (χ0v) is 9.37. The number of halogens is 1. The molecule has 0 radical (unpaired) electrons. The van der Waals surface area contributed by atoms with Gasteiger partial charge in [-0.3, -0.25) is 9.59 Å². The second-order valence-electron chi connectivity index (χ2n) is 3.27. The number of carbonyl (C=O) groups is 2. The Morgan fingerprint density at radius 3 is 2.53 bits per heavy atom. The number of carbonyl (C=O) groups excluding carboxylic acids is 2. The second kappa shape index (κ2) is 4.02. The molecule has 0 aliphatic carbocycles. The lowest BCUT2D eigenvalue weighted by molar-refractivity contribution is -0.133. The molecule has 1 saturated heterocycles. The number of hydrogen-bond acceptors (Lipinski definition) is 2. The molecular weight excluding hydrogens is 260 g/mol. The highest BCUT2D eigenvalue weighted by molar-refractivity contribution is 9.10. The normalized spacial score (nSPS) is 20.7. The van der Waals surface area contributed by atoms with Gasteiger partial charge in [0.05, 0.1) is 6.54 Å². The summed E-state index contributed by atoms with van der Waals surface area (Å²) in [4.78, 5) is 22.6. The predicted molar refractivity (Wildman–Crippen MR) is 58.0 cm³/mol. The molecule has 0 bridgehead atoms. The van der Waals surface area contributed by atoms with Gasteiger partial charge in [-0.2, -0.15) is 0 Å². The summed E-state index contributed by atoms with van der Waals surface area (Å²) < 4.78 is 0.939. The van der Waals surface area contributed by atoms with Gasteiger partial charge in [0.15, 0.2) is 0 Å². The van der Waals surface area contributed by atoms with Crippen molar-refractivity contribution in [1.29, 1.82) is 0 Å². The van der Waals surface area contributed by atoms with Crippen LogP contribution in [0.15, 0.2) is 28.7 Å². The molecule has 1 aliphatic rings. The van der Waals surface area contributed by atoms with E-state index in [-0.39, 0.29) is 18.4 Å². The molecule has 4 nitrogen and oxygen atoms in total. The van der Waals surface area contributed by atoms with Crippen molar-refractivity contribution in [2.75, 3.05) is 6.54 Å². The third kappa shape index (κ3) is 2.18. The Kier molecular flexibility index (Phi) is 2.73. The summed E-state index contributed by atoms with van der Waals surface area (Å²) in [6, 6.07) is 6.71. The Labute approximate surface area is 95.2 Å². The van der Waals surface area contributed by atoms with Gasteiger partial charge in [-0.05, 0) is 17.7 Å². The minimum atomic E-state index is -0.570. The summed E-state index contributed by atoms with van der Waals surface area (Å²) in [5.41, 5.74) is 0.781. The molecule has 0 spiro atoms. The zero-order chi connectivity index (χ0) is 10.8. The van der Waals surface area contributed by atoms with Gasteiger partial charge in [0.1, 0.15) is 6.04 Å². The van der Waals surface area contributed by atoms with Gasteiger partial charge in [-0.1, -0.05) is 28.1 Å². The van der Waals surface area contributed by atoms with E-state index in [0.29, 0.717) is 0 Å². The number of nitrogens with one attached hydrogen (secondary N) is 2. The van der Waals surface area contributed by atoms with Crippen molar-refractivity contribution in [3.63, 3.8) is 0 Å². The summed E-state index contributed by atoms with van der Waals surface area (Å²) in [6.07, 6.45) is 0. The summed E-state index contributed by atoms with van der Waals surface area (Å²) in [5.74, 6) is -0.334. The SMILES string of the molecule is O=C1CNC(=O)C(c2ccc(Br)cc2)N1. The minimum Gasteiger partial charge on any atom is -0.345 e. The van der Waals surface area contributed by atoms with Crippen molar-refractivity contribution in [2.24, 2.45) is 0 Å². The van der Waals surface area contributed by atoms with Crippen molar-refractivity contribution in [2.45, 2.75) is 6.04 Å². The van der Waals surface area contributed by atoms with Gasteiger partial charge in [-0.15, -0.1) is 0 Å². The topological polar surface area (TPSA) is 58.2 Å². The molecule has 1 aromatic carbocycles. The van der Waals surface area contributed by atoms with E-state index in [1.165, 1.54) is 0 Å². The molecule has 15 heavy (non-hydrogen) atoms. The van der Waals surface area contributed by atoms with Crippen LogP contribution in [0.5, 0.6) is 0 Å². The number of rotatable bonds is 1. The summed E-state index contributed by atoms with van der Waals surface area (Å²) in [6.45, 7) is 0.0614. The van der Waals surface area contributed by atoms with Crippen LogP contribution in [0.2, 0.25) is 0 Å². The largest absolute Gasteiger partial charge is 0.345 e. The lowest BCUT2D eigenvalue weighted by atomic mass is 10.0. The third-order valence-corrected chi connectivity index (χ3v) is 2.72. The monoisotopic (exact) mass is 268 g/mol. The van der Waals surface area contributed by atoms with E-state index in [4.69, 9.17) is 0 Å². The van der Waals surface area contributed by atoms with Crippen LogP contribution < -0.4 is 10.6 Å². The van der Waals surface area contributed by atoms with E-state index < -0.39 is 6.04 Å². The molecule has 2 rings (SSSR count). The van der Waals surface area contributed by atoms with Gasteiger partial charge >= 0.3 is 0 Å². The second-order valence-corrected chi connectivity index (χ2v) is 4.19. The molecule has 1 atom stereocenters. The quantitative estimate of drug-likeness (QED) is 0.789. The van der Waals surface area contributed by atoms with Crippen molar-refractivity contribution < 1.29 is 9.59 Å². The van der Waals surface area contributed by atoms with Crippen LogP contribution in [0, 0.1) is 0 Å². The van der Waals surface area contributed by atoms with Crippen LogP contribution in [-0.4, -0.2) is 18.4 Å². The third-order valence-electron chi connectivity index (χ3n) is 2.19. The fourth-order valence-electron chi connectivity index (χ4n) is 1.44. The Hall–Kier alpha value is -1.36. The first-order valence-corrected chi connectivity index (χ1v) is 5.28. The van der Waals surface area contributed by atoms with E-state index >= 15 is 0 Å². The fourth-order valence-corrected chi connectivity index (χ4v) is 1.70. The van der Waals surface area contributed by atoms with E-state index in [1.807, 2.05) is 12.1 Å². The van der Waals surface area contributed by atoms with Crippen LogP contribution >= 0.6 is 15.9 Å². The van der Waals surface area contributed by atoms with Gasteiger partial charge in [0.2, 0.25) is 11.8 Å². The lowest BCUT2D eigenvalue weighted by Gasteiger charge is -2.23. The highest BCUT2D eigenvalue weighted by Gasteiger charge is 2.26. The standard InChI is InChI=1S/C10H9BrN2O2/c11-7-3-1-6(2-4-7)9-10(15)12-5-8(14)13-9/h1-4,9H,5H2,(H,12,15)(H,13,14). The molecule has 1 heterocycles. The Morgan fingerprint density at radius 1 is 1.20 bits per heavy atom. The first-order valence-electron chi connectivity index (χ1n) is 4.49. The van der Waals surface area contributed by atoms with Crippen molar-refractivity contribution >= 4 is 27.7 Å². The first kappa shape index (κ1) is 10.2. The summed E-state index contributed by atoms with van der Waals surface area (Å²) >= 11 is 3.31. The number of hydrogen-bond donors (Lipinski definition) is 2. The van der Waals surface area contributed by atoms with E-state index in [9.17, 15) is 9.59 Å². The lowest BCUT2D eigenvalue weighted by Crippen LogP contribution is -2.50. The molecule has 0 aromatic heterocycles. The molecule has 1 aromatic rings. The van der Waals surface area contributed by atoms with Crippen molar-refractivity contribution in [3.05, 3.63) is 34.3 Å². The Morgan fingerprint density at radius 2 is 1.87 bits per heavy atom. The maximum atomic E-state index is 11.5. The highest BCUT2D eigenvalue weighted by atomic mass is 79.9. The molecule has 1 fully saturated rings.